The van der Waals surface area contributed by atoms with E-state index in [-0.39, 0.29) is 11.8 Å². The van der Waals surface area contributed by atoms with Gasteiger partial charge in [-0.15, -0.1) is 0 Å². The molecule has 7 nitrogen and oxygen atoms in total. The summed E-state index contributed by atoms with van der Waals surface area (Å²) in [6.45, 7) is 4.55. The highest BCUT2D eigenvalue weighted by Gasteiger charge is 2.24. The minimum atomic E-state index is -0.0894. The second-order valence-electron chi connectivity index (χ2n) is 7.26. The first-order valence-corrected chi connectivity index (χ1v) is 9.91. The lowest BCUT2D eigenvalue weighted by Crippen LogP contribution is -2.50. The van der Waals surface area contributed by atoms with Gasteiger partial charge < -0.3 is 20.1 Å². The molecule has 1 fully saturated rings. The highest BCUT2D eigenvalue weighted by molar-refractivity contribution is 5.93. The Balaban J connectivity index is 1.35. The summed E-state index contributed by atoms with van der Waals surface area (Å²) in [6, 6.07) is 11.9. The maximum Gasteiger partial charge on any atom is 0.272 e. The van der Waals surface area contributed by atoms with Crippen LogP contribution in [0.15, 0.2) is 48.8 Å². The van der Waals surface area contributed by atoms with Crippen LogP contribution in [0.2, 0.25) is 0 Å². The number of hydrogen-bond acceptors (Lipinski definition) is 4. The molecule has 2 aromatic heterocycles. The number of rotatable bonds is 5. The standard InChI is InChI=1S/C22H25N5O2/c1-16(28)26-10-12-27(13-11-26)22(29)21-14-18(7-9-24-21)23-8-6-17-15-25-20-5-3-2-4-19(17)20/h2-5,7,9,14-15,25H,6,8,10-13H2,1H3,(H,23,24). The number of pyridine rings is 1. The third-order valence-electron chi connectivity index (χ3n) is 5.39. The van der Waals surface area contributed by atoms with Crippen LogP contribution in [0.3, 0.4) is 0 Å². The molecule has 4 rings (SSSR count). The number of carbonyl (C=O) groups is 2. The number of hydrogen-bond donors (Lipinski definition) is 2. The molecule has 1 aliphatic rings. The zero-order chi connectivity index (χ0) is 20.2. The Labute approximate surface area is 169 Å². The van der Waals surface area contributed by atoms with Gasteiger partial charge in [0.1, 0.15) is 5.69 Å². The van der Waals surface area contributed by atoms with Crippen molar-refractivity contribution in [3.8, 4) is 0 Å². The van der Waals surface area contributed by atoms with E-state index in [1.807, 2.05) is 18.2 Å². The molecule has 0 saturated carbocycles. The van der Waals surface area contributed by atoms with Gasteiger partial charge in [-0.1, -0.05) is 18.2 Å². The number of anilines is 1. The molecular weight excluding hydrogens is 366 g/mol. The number of amides is 2. The fourth-order valence-corrected chi connectivity index (χ4v) is 3.72. The van der Waals surface area contributed by atoms with Gasteiger partial charge in [-0.3, -0.25) is 14.6 Å². The summed E-state index contributed by atoms with van der Waals surface area (Å²) in [5.41, 5.74) is 3.72. The van der Waals surface area contributed by atoms with Gasteiger partial charge >= 0.3 is 0 Å². The van der Waals surface area contributed by atoms with Gasteiger partial charge in [-0.05, 0) is 30.2 Å². The van der Waals surface area contributed by atoms with E-state index in [9.17, 15) is 9.59 Å². The van der Waals surface area contributed by atoms with Crippen molar-refractivity contribution in [1.82, 2.24) is 19.8 Å². The molecule has 0 unspecified atom stereocenters. The van der Waals surface area contributed by atoms with Crippen LogP contribution in [0, 0.1) is 0 Å². The summed E-state index contributed by atoms with van der Waals surface area (Å²) >= 11 is 0. The number of nitrogens with one attached hydrogen (secondary N) is 2. The van der Waals surface area contributed by atoms with Gasteiger partial charge in [-0.2, -0.15) is 0 Å². The average molecular weight is 391 g/mol. The minimum absolute atomic E-state index is 0.0524. The van der Waals surface area contributed by atoms with Crippen LogP contribution < -0.4 is 5.32 Å². The van der Waals surface area contributed by atoms with Gasteiger partial charge in [0, 0.05) is 68.6 Å². The number of para-hydroxylation sites is 1. The number of benzene rings is 1. The summed E-state index contributed by atoms with van der Waals surface area (Å²) in [4.78, 5) is 35.3. The Morgan fingerprint density at radius 1 is 1.10 bits per heavy atom. The van der Waals surface area contributed by atoms with Crippen LogP contribution in [-0.2, 0) is 11.2 Å². The number of H-pyrrole nitrogens is 1. The maximum atomic E-state index is 12.8. The molecule has 0 bridgehead atoms. The van der Waals surface area contributed by atoms with Crippen LogP contribution in [0.1, 0.15) is 23.0 Å². The van der Waals surface area contributed by atoms with Crippen molar-refractivity contribution in [1.29, 1.82) is 0 Å². The normalized spacial score (nSPS) is 14.2. The maximum absolute atomic E-state index is 12.8. The average Bonchev–Trinajstić information content (AvgIpc) is 3.17. The second kappa shape index (κ2) is 8.34. The third kappa shape index (κ3) is 4.23. The van der Waals surface area contributed by atoms with E-state index >= 15 is 0 Å². The number of fused-ring (bicyclic) bond motifs is 1. The van der Waals surface area contributed by atoms with Crippen molar-refractivity contribution in [3.63, 3.8) is 0 Å². The van der Waals surface area contributed by atoms with E-state index in [4.69, 9.17) is 0 Å². The van der Waals surface area contributed by atoms with E-state index in [1.54, 1.807) is 29.0 Å². The number of nitrogens with zero attached hydrogens (tertiary/aromatic N) is 3. The monoisotopic (exact) mass is 391 g/mol. The van der Waals surface area contributed by atoms with Crippen molar-refractivity contribution in [2.75, 3.05) is 38.0 Å². The molecule has 2 N–H and O–H groups in total. The minimum Gasteiger partial charge on any atom is -0.385 e. The SMILES string of the molecule is CC(=O)N1CCN(C(=O)c2cc(NCCc3c[nH]c4ccccc34)ccn2)CC1. The predicted molar refractivity (Wildman–Crippen MR) is 113 cm³/mol. The van der Waals surface area contributed by atoms with E-state index in [2.05, 4.69) is 33.6 Å². The Hall–Kier alpha value is -3.35. The lowest BCUT2D eigenvalue weighted by molar-refractivity contribution is -0.130. The molecule has 0 spiro atoms. The first-order chi connectivity index (χ1) is 14.1. The van der Waals surface area contributed by atoms with Crippen LogP contribution in [0.25, 0.3) is 10.9 Å². The third-order valence-corrected chi connectivity index (χ3v) is 5.39. The van der Waals surface area contributed by atoms with Crippen molar-refractivity contribution in [2.45, 2.75) is 13.3 Å². The molecule has 0 radical (unpaired) electrons. The molecule has 3 heterocycles. The predicted octanol–water partition coefficient (Wildman–Crippen LogP) is 2.52. The number of piperazine rings is 1. The molecule has 3 aromatic rings. The number of aromatic amines is 1. The van der Waals surface area contributed by atoms with Gasteiger partial charge in [0.25, 0.3) is 5.91 Å². The van der Waals surface area contributed by atoms with Crippen molar-refractivity contribution >= 4 is 28.4 Å². The van der Waals surface area contributed by atoms with E-state index in [0.29, 0.717) is 31.9 Å². The van der Waals surface area contributed by atoms with E-state index in [1.165, 1.54) is 10.9 Å². The lowest BCUT2D eigenvalue weighted by Gasteiger charge is -2.34. The Morgan fingerprint density at radius 3 is 2.66 bits per heavy atom. The molecular formula is C22H25N5O2. The molecule has 1 aliphatic heterocycles. The van der Waals surface area contributed by atoms with Crippen LogP contribution in [0.4, 0.5) is 5.69 Å². The molecule has 1 aromatic carbocycles. The van der Waals surface area contributed by atoms with Gasteiger partial charge in [0.05, 0.1) is 0 Å². The van der Waals surface area contributed by atoms with E-state index in [0.717, 1.165) is 24.2 Å². The first-order valence-electron chi connectivity index (χ1n) is 9.91. The molecule has 2 amide bonds. The molecule has 7 heteroatoms. The van der Waals surface area contributed by atoms with Gasteiger partial charge in [0.2, 0.25) is 5.91 Å². The molecule has 0 aliphatic carbocycles. The summed E-state index contributed by atoms with van der Waals surface area (Å²) in [7, 11) is 0. The largest absolute Gasteiger partial charge is 0.385 e. The van der Waals surface area contributed by atoms with Gasteiger partial charge in [-0.25, -0.2) is 0 Å². The Kier molecular flexibility index (Phi) is 5.46. The number of aromatic nitrogens is 2. The Morgan fingerprint density at radius 2 is 1.86 bits per heavy atom. The fourth-order valence-electron chi connectivity index (χ4n) is 3.72. The molecule has 29 heavy (non-hydrogen) atoms. The van der Waals surface area contributed by atoms with Crippen LogP contribution >= 0.6 is 0 Å². The first kappa shape index (κ1) is 19.0. The van der Waals surface area contributed by atoms with Crippen molar-refractivity contribution in [2.24, 2.45) is 0 Å². The lowest BCUT2D eigenvalue weighted by atomic mass is 10.1. The quantitative estimate of drug-likeness (QED) is 0.700. The topological polar surface area (TPSA) is 81.3 Å². The smallest absolute Gasteiger partial charge is 0.272 e. The molecule has 0 atom stereocenters. The summed E-state index contributed by atoms with van der Waals surface area (Å²) in [5, 5.41) is 4.63. The number of carbonyl (C=O) groups excluding carboxylic acids is 2. The second-order valence-corrected chi connectivity index (χ2v) is 7.26. The summed E-state index contributed by atoms with van der Waals surface area (Å²) in [5.74, 6) is -0.0369. The van der Waals surface area contributed by atoms with Gasteiger partial charge in [0.15, 0.2) is 0 Å². The summed E-state index contributed by atoms with van der Waals surface area (Å²) < 4.78 is 0. The zero-order valence-electron chi connectivity index (χ0n) is 16.5. The van der Waals surface area contributed by atoms with Crippen molar-refractivity contribution in [3.05, 3.63) is 60.0 Å². The van der Waals surface area contributed by atoms with Crippen LogP contribution in [-0.4, -0.2) is 64.3 Å². The van der Waals surface area contributed by atoms with Crippen LogP contribution in [0.5, 0.6) is 0 Å². The highest BCUT2D eigenvalue weighted by Crippen LogP contribution is 2.18. The van der Waals surface area contributed by atoms with E-state index < -0.39 is 0 Å². The highest BCUT2D eigenvalue weighted by atomic mass is 16.2. The summed E-state index contributed by atoms with van der Waals surface area (Å²) in [6.07, 6.45) is 4.59. The Bertz CT molecular complexity index is 1020. The van der Waals surface area contributed by atoms with Crippen molar-refractivity contribution < 1.29 is 9.59 Å². The zero-order valence-corrected chi connectivity index (χ0v) is 16.5. The molecule has 150 valence electrons. The molecule has 1 saturated heterocycles. The fraction of sp³-hybridized carbons (Fsp3) is 0.318.